The molecular formula is C7H7F2N3O2. The summed E-state index contributed by atoms with van der Waals surface area (Å²) in [5, 5.41) is 0. The molecule has 1 amide bonds. The third-order valence-electron chi connectivity index (χ3n) is 1.58. The van der Waals surface area contributed by atoms with Crippen molar-refractivity contribution in [3.05, 3.63) is 27.7 Å². The standard InChI is InChI=1S/C7H7F2N3O2/c8-5(9)2-1-3(10)4(6(11)13)12-7(2)14/h1,5H,10H2,(H2,11,13)(H,12,14). The molecule has 5 N–H and O–H groups in total. The molecule has 0 aliphatic heterocycles. The Balaban J connectivity index is 3.39. The highest BCUT2D eigenvalue weighted by molar-refractivity contribution is 5.95. The quantitative estimate of drug-likeness (QED) is 0.630. The molecule has 0 aliphatic carbocycles. The van der Waals surface area contributed by atoms with Crippen molar-refractivity contribution < 1.29 is 13.6 Å². The second-order valence-corrected chi connectivity index (χ2v) is 2.55. The second-order valence-electron chi connectivity index (χ2n) is 2.55. The van der Waals surface area contributed by atoms with Gasteiger partial charge >= 0.3 is 0 Å². The molecule has 0 saturated heterocycles. The number of carbonyl (C=O) groups is 1. The van der Waals surface area contributed by atoms with E-state index in [1.807, 2.05) is 4.98 Å². The molecule has 1 heterocycles. The fourth-order valence-electron chi connectivity index (χ4n) is 0.929. The van der Waals surface area contributed by atoms with Gasteiger partial charge in [0.15, 0.2) is 0 Å². The van der Waals surface area contributed by atoms with E-state index in [4.69, 9.17) is 11.5 Å². The molecule has 7 heteroatoms. The Labute approximate surface area is 76.7 Å². The van der Waals surface area contributed by atoms with Crippen LogP contribution in [0.4, 0.5) is 14.5 Å². The van der Waals surface area contributed by atoms with Crippen molar-refractivity contribution in [1.82, 2.24) is 4.98 Å². The fraction of sp³-hybridized carbons (Fsp3) is 0.143. The lowest BCUT2D eigenvalue weighted by atomic mass is 10.2. The molecule has 0 fully saturated rings. The normalized spacial score (nSPS) is 10.5. The summed E-state index contributed by atoms with van der Waals surface area (Å²) in [6.07, 6.45) is -2.94. The SMILES string of the molecule is NC(=O)c1[nH]c(=O)c(C(F)F)cc1N. The number of hydrogen-bond donors (Lipinski definition) is 3. The van der Waals surface area contributed by atoms with Crippen molar-refractivity contribution in [3.8, 4) is 0 Å². The molecule has 0 radical (unpaired) electrons. The first-order chi connectivity index (χ1) is 6.43. The third-order valence-corrected chi connectivity index (χ3v) is 1.58. The van der Waals surface area contributed by atoms with E-state index in [9.17, 15) is 18.4 Å². The van der Waals surface area contributed by atoms with Crippen molar-refractivity contribution in [3.63, 3.8) is 0 Å². The highest BCUT2D eigenvalue weighted by Crippen LogP contribution is 2.17. The van der Waals surface area contributed by atoms with E-state index in [0.717, 1.165) is 6.07 Å². The van der Waals surface area contributed by atoms with Crippen LogP contribution in [0.2, 0.25) is 0 Å². The number of nitrogen functional groups attached to an aromatic ring is 1. The topological polar surface area (TPSA) is 102 Å². The van der Waals surface area contributed by atoms with E-state index in [-0.39, 0.29) is 11.4 Å². The monoisotopic (exact) mass is 203 g/mol. The number of rotatable bonds is 2. The van der Waals surface area contributed by atoms with E-state index >= 15 is 0 Å². The summed E-state index contributed by atoms with van der Waals surface area (Å²) in [6, 6.07) is 0.740. The minimum atomic E-state index is -2.94. The Hall–Kier alpha value is -1.92. The Morgan fingerprint density at radius 2 is 2.07 bits per heavy atom. The smallest absolute Gasteiger partial charge is 0.269 e. The van der Waals surface area contributed by atoms with Crippen molar-refractivity contribution in [2.24, 2.45) is 5.73 Å². The van der Waals surface area contributed by atoms with Crippen LogP contribution in [0.15, 0.2) is 10.9 Å². The van der Waals surface area contributed by atoms with Crippen LogP contribution >= 0.6 is 0 Å². The van der Waals surface area contributed by atoms with E-state index in [2.05, 4.69) is 0 Å². The summed E-state index contributed by atoms with van der Waals surface area (Å²) in [5.41, 5.74) is 7.57. The molecular weight excluding hydrogens is 196 g/mol. The van der Waals surface area contributed by atoms with Gasteiger partial charge in [-0.3, -0.25) is 9.59 Å². The maximum Gasteiger partial charge on any atom is 0.269 e. The van der Waals surface area contributed by atoms with Gasteiger partial charge in [0, 0.05) is 0 Å². The molecule has 5 nitrogen and oxygen atoms in total. The molecule has 1 rings (SSSR count). The number of H-pyrrole nitrogens is 1. The van der Waals surface area contributed by atoms with Gasteiger partial charge in [-0.1, -0.05) is 0 Å². The number of halogens is 2. The first kappa shape index (κ1) is 10.2. The lowest BCUT2D eigenvalue weighted by molar-refractivity contribution is 0.0995. The summed E-state index contributed by atoms with van der Waals surface area (Å²) >= 11 is 0. The average molecular weight is 203 g/mol. The number of amides is 1. The maximum absolute atomic E-state index is 12.1. The largest absolute Gasteiger partial charge is 0.397 e. The molecule has 0 saturated carbocycles. The molecule has 0 atom stereocenters. The van der Waals surface area contributed by atoms with Crippen LogP contribution in [0.3, 0.4) is 0 Å². The number of aromatic amines is 1. The molecule has 0 spiro atoms. The van der Waals surface area contributed by atoms with Gasteiger partial charge in [-0.25, -0.2) is 8.78 Å². The molecule has 14 heavy (non-hydrogen) atoms. The van der Waals surface area contributed by atoms with Gasteiger partial charge < -0.3 is 16.5 Å². The van der Waals surface area contributed by atoms with Crippen molar-refractivity contribution in [2.75, 3.05) is 5.73 Å². The molecule has 0 aliphatic rings. The summed E-state index contributed by atoms with van der Waals surface area (Å²) in [5.74, 6) is -0.972. The molecule has 1 aromatic rings. The lowest BCUT2D eigenvalue weighted by Crippen LogP contribution is -2.23. The third kappa shape index (κ3) is 1.70. The molecule has 0 bridgehead atoms. The van der Waals surface area contributed by atoms with Crippen LogP contribution in [-0.2, 0) is 0 Å². The Morgan fingerprint density at radius 1 is 1.50 bits per heavy atom. The summed E-state index contributed by atoms with van der Waals surface area (Å²) in [4.78, 5) is 23.5. The molecule has 0 aromatic carbocycles. The zero-order valence-electron chi connectivity index (χ0n) is 6.88. The van der Waals surface area contributed by atoms with Gasteiger partial charge in [0.25, 0.3) is 17.9 Å². The van der Waals surface area contributed by atoms with Crippen LogP contribution in [0.5, 0.6) is 0 Å². The fourth-order valence-corrected chi connectivity index (χ4v) is 0.929. The van der Waals surface area contributed by atoms with Crippen LogP contribution in [0.25, 0.3) is 0 Å². The van der Waals surface area contributed by atoms with E-state index in [1.54, 1.807) is 0 Å². The first-order valence-electron chi connectivity index (χ1n) is 3.54. The summed E-state index contributed by atoms with van der Waals surface area (Å²) in [6.45, 7) is 0. The highest BCUT2D eigenvalue weighted by atomic mass is 19.3. The number of nitrogens with one attached hydrogen (secondary N) is 1. The van der Waals surface area contributed by atoms with Crippen molar-refractivity contribution >= 4 is 11.6 Å². The van der Waals surface area contributed by atoms with Gasteiger partial charge in [0.05, 0.1) is 11.3 Å². The van der Waals surface area contributed by atoms with Crippen LogP contribution in [0.1, 0.15) is 22.5 Å². The van der Waals surface area contributed by atoms with Crippen LogP contribution in [-0.4, -0.2) is 10.9 Å². The number of anilines is 1. The Morgan fingerprint density at radius 3 is 2.50 bits per heavy atom. The van der Waals surface area contributed by atoms with E-state index in [0.29, 0.717) is 0 Å². The minimum absolute atomic E-state index is 0.271. The number of alkyl halides is 2. The van der Waals surface area contributed by atoms with Gasteiger partial charge in [-0.2, -0.15) is 0 Å². The first-order valence-corrected chi connectivity index (χ1v) is 3.54. The Bertz CT molecular complexity index is 427. The van der Waals surface area contributed by atoms with Crippen LogP contribution in [0, 0.1) is 0 Å². The van der Waals surface area contributed by atoms with E-state index in [1.165, 1.54) is 0 Å². The van der Waals surface area contributed by atoms with Crippen molar-refractivity contribution in [2.45, 2.75) is 6.43 Å². The number of primary amides is 1. The van der Waals surface area contributed by atoms with Crippen molar-refractivity contribution in [1.29, 1.82) is 0 Å². The number of aromatic nitrogens is 1. The van der Waals surface area contributed by atoms with Gasteiger partial charge in [0.2, 0.25) is 0 Å². The van der Waals surface area contributed by atoms with Gasteiger partial charge in [0.1, 0.15) is 5.69 Å². The highest BCUT2D eigenvalue weighted by Gasteiger charge is 2.16. The predicted octanol–water partition coefficient (Wildman–Crippen LogP) is -0.00640. The maximum atomic E-state index is 12.1. The minimum Gasteiger partial charge on any atom is -0.397 e. The summed E-state index contributed by atoms with van der Waals surface area (Å²) < 4.78 is 24.3. The molecule has 0 unspecified atom stereocenters. The number of pyridine rings is 1. The van der Waals surface area contributed by atoms with Crippen LogP contribution < -0.4 is 17.0 Å². The second kappa shape index (κ2) is 3.44. The molecule has 1 aromatic heterocycles. The zero-order valence-corrected chi connectivity index (χ0v) is 6.88. The number of carbonyl (C=O) groups excluding carboxylic acids is 1. The summed E-state index contributed by atoms with van der Waals surface area (Å²) in [7, 11) is 0. The average Bonchev–Trinajstić information content (AvgIpc) is 2.07. The zero-order chi connectivity index (χ0) is 10.9. The lowest BCUT2D eigenvalue weighted by Gasteiger charge is -2.03. The van der Waals surface area contributed by atoms with Gasteiger partial charge in [-0.05, 0) is 6.07 Å². The van der Waals surface area contributed by atoms with E-state index < -0.39 is 23.5 Å². The predicted molar refractivity (Wildman–Crippen MR) is 44.9 cm³/mol. The Kier molecular flexibility index (Phi) is 2.50. The number of hydrogen-bond acceptors (Lipinski definition) is 3. The van der Waals surface area contributed by atoms with Gasteiger partial charge in [-0.15, -0.1) is 0 Å². The molecule has 76 valence electrons. The number of nitrogens with two attached hydrogens (primary N) is 2.